The number of allylic oxidation sites excluding steroid dienone is 4. The first kappa shape index (κ1) is 61.5. The van der Waals surface area contributed by atoms with E-state index in [0.29, 0.717) is 12.8 Å². The molecule has 372 valence electrons. The second-order valence-corrected chi connectivity index (χ2v) is 19.0. The fraction of sp³-hybridized carbons (Fsp3) is 0.880. The van der Waals surface area contributed by atoms with Crippen molar-refractivity contribution in [2.75, 3.05) is 26.4 Å². The van der Waals surface area contributed by atoms with E-state index in [1.807, 2.05) is 6.08 Å². The maximum Gasteiger partial charge on any atom is 0.472 e. The van der Waals surface area contributed by atoms with Crippen molar-refractivity contribution in [1.82, 2.24) is 0 Å². The molecule has 0 aromatic heterocycles. The van der Waals surface area contributed by atoms with E-state index in [1.54, 1.807) is 6.08 Å². The van der Waals surface area contributed by atoms with Crippen LogP contribution in [0.4, 0.5) is 0 Å². The smallest absolute Gasteiger partial charge is 0.463 e. The molecule has 0 amide bonds. The number of carbonyl (C=O) groups excluding carboxylic acids is 2. The molecule has 12 nitrogen and oxygen atoms in total. The van der Waals surface area contributed by atoms with Gasteiger partial charge in [-0.3, -0.25) is 18.6 Å². The quantitative estimate of drug-likeness (QED) is 0.0111. The highest BCUT2D eigenvalue weighted by molar-refractivity contribution is 7.47. The van der Waals surface area contributed by atoms with Crippen LogP contribution in [-0.2, 0) is 27.9 Å². The molecule has 63 heavy (non-hydrogen) atoms. The van der Waals surface area contributed by atoms with Crippen molar-refractivity contribution in [2.45, 2.75) is 256 Å². The van der Waals surface area contributed by atoms with Crippen LogP contribution in [0.3, 0.4) is 0 Å². The summed E-state index contributed by atoms with van der Waals surface area (Å²) < 4.78 is 26.5. The first-order valence-electron chi connectivity index (χ1n) is 25.5. The summed E-state index contributed by atoms with van der Waals surface area (Å²) in [5.74, 6) is -0.255. The number of ether oxygens (including phenoxy) is 1. The second kappa shape index (κ2) is 45.7. The predicted octanol–water partition coefficient (Wildman–Crippen LogP) is 11.5. The topological polar surface area (TPSA) is 200 Å². The largest absolute Gasteiger partial charge is 0.472 e. The minimum atomic E-state index is -4.80. The monoisotopic (exact) mass is 919 g/mol. The summed E-state index contributed by atoms with van der Waals surface area (Å²) in [5.41, 5.74) is 0. The third-order valence-electron chi connectivity index (χ3n) is 11.5. The summed E-state index contributed by atoms with van der Waals surface area (Å²) in [6.07, 6.45) is 43.8. The zero-order valence-electron chi connectivity index (χ0n) is 39.8. The Morgan fingerprint density at radius 2 is 0.921 bits per heavy atom. The summed E-state index contributed by atoms with van der Waals surface area (Å²) in [4.78, 5) is 34.1. The van der Waals surface area contributed by atoms with E-state index in [2.05, 4.69) is 23.6 Å². The number of aliphatic hydroxyl groups is 5. The molecule has 0 aliphatic heterocycles. The average Bonchev–Trinajstić information content (AvgIpc) is 3.27. The van der Waals surface area contributed by atoms with Gasteiger partial charge < -0.3 is 35.2 Å². The van der Waals surface area contributed by atoms with Gasteiger partial charge in [0.15, 0.2) is 5.78 Å². The van der Waals surface area contributed by atoms with Gasteiger partial charge in [0.05, 0.1) is 19.8 Å². The molecule has 0 bridgehead atoms. The number of rotatable bonds is 49. The van der Waals surface area contributed by atoms with E-state index in [9.17, 15) is 39.5 Å². The molecule has 0 rings (SSSR count). The maximum atomic E-state index is 12.2. The molecule has 0 aromatic rings. The summed E-state index contributed by atoms with van der Waals surface area (Å²) in [6.45, 7) is -0.665. The number of phosphoric acid groups is 1. The Labute approximate surface area is 383 Å². The Kier molecular flexibility index (Phi) is 44.6. The van der Waals surface area contributed by atoms with Crippen molar-refractivity contribution in [3.63, 3.8) is 0 Å². The molecule has 0 saturated carbocycles. The van der Waals surface area contributed by atoms with Crippen LogP contribution in [0.25, 0.3) is 0 Å². The molecule has 0 aromatic carbocycles. The predicted molar refractivity (Wildman–Crippen MR) is 254 cm³/mol. The highest BCUT2D eigenvalue weighted by Gasteiger charge is 2.31. The van der Waals surface area contributed by atoms with Crippen molar-refractivity contribution in [2.24, 2.45) is 0 Å². The normalized spacial score (nSPS) is 14.9. The number of phosphoric ester groups is 1. The van der Waals surface area contributed by atoms with Gasteiger partial charge in [-0.1, -0.05) is 199 Å². The van der Waals surface area contributed by atoms with Gasteiger partial charge in [-0.05, 0) is 44.6 Å². The Morgan fingerprint density at radius 1 is 0.508 bits per heavy atom. The van der Waals surface area contributed by atoms with Crippen molar-refractivity contribution in [3.8, 4) is 0 Å². The van der Waals surface area contributed by atoms with E-state index in [-0.39, 0.29) is 12.2 Å². The van der Waals surface area contributed by atoms with Crippen LogP contribution in [0.5, 0.6) is 0 Å². The van der Waals surface area contributed by atoms with Crippen molar-refractivity contribution in [3.05, 3.63) is 24.3 Å². The van der Waals surface area contributed by atoms with Crippen molar-refractivity contribution in [1.29, 1.82) is 0 Å². The van der Waals surface area contributed by atoms with Gasteiger partial charge in [-0.2, -0.15) is 0 Å². The molecule has 0 radical (unpaired) electrons. The fourth-order valence-electron chi connectivity index (χ4n) is 7.45. The zero-order valence-corrected chi connectivity index (χ0v) is 40.7. The van der Waals surface area contributed by atoms with E-state index in [4.69, 9.17) is 14.4 Å². The van der Waals surface area contributed by atoms with E-state index < -0.39 is 64.6 Å². The number of hydrogen-bond donors (Lipinski definition) is 6. The number of carbonyl (C=O) groups is 2. The molecule has 0 fully saturated rings. The van der Waals surface area contributed by atoms with Gasteiger partial charge in [0.2, 0.25) is 0 Å². The fourth-order valence-corrected chi connectivity index (χ4v) is 8.36. The number of esters is 1. The maximum absolute atomic E-state index is 12.2. The van der Waals surface area contributed by atoms with Gasteiger partial charge in [0, 0.05) is 12.8 Å². The molecule has 0 aliphatic rings. The summed E-state index contributed by atoms with van der Waals surface area (Å²) in [6, 6.07) is 0. The van der Waals surface area contributed by atoms with Gasteiger partial charge >= 0.3 is 13.8 Å². The molecular weight excluding hydrogens is 824 g/mol. The van der Waals surface area contributed by atoms with Crippen LogP contribution in [-0.4, -0.2) is 93.0 Å². The highest BCUT2D eigenvalue weighted by atomic mass is 31.2. The minimum absolute atomic E-state index is 0.177. The van der Waals surface area contributed by atoms with Gasteiger partial charge in [0.1, 0.15) is 31.0 Å². The first-order valence-corrected chi connectivity index (χ1v) is 27.0. The Morgan fingerprint density at radius 3 is 1.38 bits per heavy atom. The van der Waals surface area contributed by atoms with Crippen LogP contribution in [0.2, 0.25) is 0 Å². The lowest BCUT2D eigenvalue weighted by Gasteiger charge is -2.23. The SMILES string of the molecule is CCCCCCCCCCCCCCCCC/C=C\CC/C=C\C(=O)CCCCCCCCCCCCCCCCCC(=O)OC[C@H](CO)OP(=O)(O)OC[C@@H](O)[C@@H](O)[C@H](O)CO. The lowest BCUT2D eigenvalue weighted by molar-refractivity contribution is -0.147. The Hall–Kier alpha value is -1.47. The summed E-state index contributed by atoms with van der Waals surface area (Å²) >= 11 is 0. The van der Waals surface area contributed by atoms with E-state index in [0.717, 1.165) is 44.9 Å². The lowest BCUT2D eigenvalue weighted by atomic mass is 10.0. The third-order valence-corrected chi connectivity index (χ3v) is 12.6. The highest BCUT2D eigenvalue weighted by Crippen LogP contribution is 2.44. The lowest BCUT2D eigenvalue weighted by Crippen LogP contribution is -2.41. The van der Waals surface area contributed by atoms with Crippen LogP contribution in [0.15, 0.2) is 24.3 Å². The van der Waals surface area contributed by atoms with Crippen molar-refractivity contribution >= 4 is 19.6 Å². The molecular formula is C50H95O12P. The molecule has 5 atom stereocenters. The number of unbranched alkanes of at least 4 members (excludes halogenated alkanes) is 30. The Bertz CT molecular complexity index is 1130. The van der Waals surface area contributed by atoms with Crippen LogP contribution >= 0.6 is 7.82 Å². The van der Waals surface area contributed by atoms with Crippen LogP contribution < -0.4 is 0 Å². The molecule has 0 spiro atoms. The molecule has 0 heterocycles. The second-order valence-electron chi connectivity index (χ2n) is 17.6. The van der Waals surface area contributed by atoms with E-state index >= 15 is 0 Å². The van der Waals surface area contributed by atoms with Crippen molar-refractivity contribution < 1.29 is 58.4 Å². The average molecular weight is 919 g/mol. The number of hydrogen-bond acceptors (Lipinski definition) is 11. The van der Waals surface area contributed by atoms with Gasteiger partial charge in [0.25, 0.3) is 0 Å². The van der Waals surface area contributed by atoms with Crippen LogP contribution in [0.1, 0.15) is 232 Å². The molecule has 0 aliphatic carbocycles. The molecule has 0 saturated heterocycles. The molecule has 13 heteroatoms. The summed E-state index contributed by atoms with van der Waals surface area (Å²) in [7, 11) is -4.80. The van der Waals surface area contributed by atoms with Crippen LogP contribution in [0, 0.1) is 0 Å². The number of ketones is 1. The summed E-state index contributed by atoms with van der Waals surface area (Å²) in [5, 5.41) is 46.8. The van der Waals surface area contributed by atoms with Gasteiger partial charge in [-0.15, -0.1) is 0 Å². The Balaban J connectivity index is 3.53. The molecule has 1 unspecified atom stereocenters. The van der Waals surface area contributed by atoms with E-state index in [1.165, 1.54) is 161 Å². The zero-order chi connectivity index (χ0) is 46.5. The molecule has 6 N–H and O–H groups in total. The number of aliphatic hydroxyl groups excluding tert-OH is 5. The first-order chi connectivity index (χ1) is 30.6. The standard InChI is InChI=1S/C50H95O12P/c1-2-3-4-5-6-7-8-9-10-11-12-13-14-15-17-20-23-26-29-32-35-38-45(53)39-36-33-30-27-24-21-18-16-19-22-25-28-31-34-37-40-49(56)60-43-46(41-51)62-63(58,59)61-44-48(55)50(57)47(54)42-52/h23,26,35,38,46-48,50-52,54-55,57H,2-22,24-25,27-34,36-37,39-44H2,1H3,(H,58,59)/b26-23-,38-35-/t46-,47+,48+,50-/m0/s1. The third kappa shape index (κ3) is 42.9. The minimum Gasteiger partial charge on any atom is -0.463 e. The van der Waals surface area contributed by atoms with Gasteiger partial charge in [-0.25, -0.2) is 4.57 Å².